The molecule has 3 heterocycles. The highest BCUT2D eigenvalue weighted by Gasteiger charge is 2.40. The number of piperidine rings is 2. The first-order chi connectivity index (χ1) is 15.5. The topological polar surface area (TPSA) is 82.2 Å². The van der Waals surface area contributed by atoms with Crippen molar-refractivity contribution in [2.75, 3.05) is 33.8 Å². The molecule has 3 aliphatic rings. The van der Waals surface area contributed by atoms with Crippen LogP contribution in [0.1, 0.15) is 44.1 Å². The zero-order valence-electron chi connectivity index (χ0n) is 19.1. The number of methoxy groups -OCH3 is 1. The number of benzene rings is 1. The van der Waals surface area contributed by atoms with Crippen LogP contribution >= 0.6 is 0 Å². The number of nitrogens with zero attached hydrogens (tertiary/aromatic N) is 3. The maximum Gasteiger partial charge on any atom is 0.325 e. The number of carbonyl (C=O) groups excluding carboxylic acids is 3. The fourth-order valence-corrected chi connectivity index (χ4v) is 5.35. The van der Waals surface area contributed by atoms with Gasteiger partial charge < -0.3 is 19.9 Å². The van der Waals surface area contributed by atoms with E-state index in [1.165, 1.54) is 43.7 Å². The van der Waals surface area contributed by atoms with Crippen molar-refractivity contribution in [3.63, 3.8) is 0 Å². The standard InChI is InChI=1S/C24H34N4O4/c1-26(16-18-6-5-13-27-12-4-3-7-21(18)27)22(29)14-20-23(30)28(24(31)25-20)15-17-8-10-19(32-2)11-9-17/h8-11,18,20-21H,3-7,12-16H2,1-2H3,(H,25,31)/t18-,20+,21+/m0/s1. The molecule has 1 aromatic rings. The normalized spacial score (nSPS) is 25.9. The summed E-state index contributed by atoms with van der Waals surface area (Å²) in [7, 11) is 3.41. The number of hydrogen-bond acceptors (Lipinski definition) is 5. The summed E-state index contributed by atoms with van der Waals surface area (Å²) in [5.74, 6) is 0.761. The molecule has 3 atom stereocenters. The molecule has 4 rings (SSSR count). The third-order valence-electron chi connectivity index (χ3n) is 7.15. The first-order valence-electron chi connectivity index (χ1n) is 11.7. The summed E-state index contributed by atoms with van der Waals surface area (Å²) in [5, 5.41) is 2.69. The first-order valence-corrected chi connectivity index (χ1v) is 11.7. The second-order valence-electron chi connectivity index (χ2n) is 9.25. The van der Waals surface area contributed by atoms with Crippen molar-refractivity contribution in [2.24, 2.45) is 5.92 Å². The second kappa shape index (κ2) is 9.90. The predicted molar refractivity (Wildman–Crippen MR) is 120 cm³/mol. The monoisotopic (exact) mass is 442 g/mol. The van der Waals surface area contributed by atoms with Gasteiger partial charge in [0, 0.05) is 19.6 Å². The molecule has 0 unspecified atom stereocenters. The quantitative estimate of drug-likeness (QED) is 0.655. The van der Waals surface area contributed by atoms with Gasteiger partial charge in [-0.15, -0.1) is 0 Å². The van der Waals surface area contributed by atoms with E-state index in [-0.39, 0.29) is 24.8 Å². The van der Waals surface area contributed by atoms with Crippen molar-refractivity contribution < 1.29 is 19.1 Å². The number of nitrogens with one attached hydrogen (secondary N) is 1. The molecule has 0 bridgehead atoms. The number of rotatable bonds is 7. The Morgan fingerprint density at radius 2 is 1.88 bits per heavy atom. The van der Waals surface area contributed by atoms with Gasteiger partial charge in [-0.05, 0) is 62.4 Å². The lowest BCUT2D eigenvalue weighted by Crippen LogP contribution is -2.51. The SMILES string of the molecule is COc1ccc(CN2C(=O)N[C@H](CC(=O)N(C)C[C@@H]3CCCN4CCCC[C@H]34)C2=O)cc1. The molecule has 32 heavy (non-hydrogen) atoms. The minimum absolute atomic E-state index is 0.00128. The maximum atomic E-state index is 12.9. The van der Waals surface area contributed by atoms with E-state index < -0.39 is 12.1 Å². The van der Waals surface area contributed by atoms with Crippen LogP contribution in [-0.4, -0.2) is 78.4 Å². The Bertz CT molecular complexity index is 841. The molecule has 0 saturated carbocycles. The van der Waals surface area contributed by atoms with Gasteiger partial charge in [0.2, 0.25) is 5.91 Å². The Morgan fingerprint density at radius 1 is 1.12 bits per heavy atom. The molecule has 3 aliphatic heterocycles. The highest BCUT2D eigenvalue weighted by atomic mass is 16.5. The number of carbonyl (C=O) groups is 3. The Kier molecular flexibility index (Phi) is 6.98. The van der Waals surface area contributed by atoms with Crippen LogP contribution in [0, 0.1) is 5.92 Å². The summed E-state index contributed by atoms with van der Waals surface area (Å²) in [6.07, 6.45) is 6.08. The van der Waals surface area contributed by atoms with E-state index in [1.807, 2.05) is 19.2 Å². The number of amides is 4. The molecule has 174 valence electrons. The molecule has 0 aliphatic carbocycles. The summed E-state index contributed by atoms with van der Waals surface area (Å²) in [6, 6.07) is 6.56. The van der Waals surface area contributed by atoms with Crippen LogP contribution in [0.3, 0.4) is 0 Å². The number of ether oxygens (including phenoxy) is 1. The van der Waals surface area contributed by atoms with E-state index in [9.17, 15) is 14.4 Å². The zero-order valence-corrected chi connectivity index (χ0v) is 19.1. The molecule has 3 fully saturated rings. The molecule has 1 aromatic carbocycles. The molecule has 1 N–H and O–H groups in total. The van der Waals surface area contributed by atoms with Crippen LogP contribution in [0.4, 0.5) is 4.79 Å². The highest BCUT2D eigenvalue weighted by molar-refractivity contribution is 6.05. The minimum atomic E-state index is -0.798. The molecule has 3 saturated heterocycles. The van der Waals surface area contributed by atoms with Gasteiger partial charge in [0.25, 0.3) is 5.91 Å². The lowest BCUT2D eigenvalue weighted by Gasteiger charge is -2.45. The van der Waals surface area contributed by atoms with Gasteiger partial charge in [0.05, 0.1) is 20.1 Å². The fourth-order valence-electron chi connectivity index (χ4n) is 5.35. The van der Waals surface area contributed by atoms with Crippen molar-refractivity contribution in [3.8, 4) is 5.75 Å². The van der Waals surface area contributed by atoms with E-state index >= 15 is 0 Å². The predicted octanol–water partition coefficient (Wildman–Crippen LogP) is 2.23. The highest BCUT2D eigenvalue weighted by Crippen LogP contribution is 2.31. The Morgan fingerprint density at radius 3 is 2.62 bits per heavy atom. The average Bonchev–Trinajstić information content (AvgIpc) is 3.07. The van der Waals surface area contributed by atoms with E-state index in [1.54, 1.807) is 24.1 Å². The Hall–Kier alpha value is -2.61. The second-order valence-corrected chi connectivity index (χ2v) is 9.25. The van der Waals surface area contributed by atoms with Crippen molar-refractivity contribution in [1.82, 2.24) is 20.0 Å². The lowest BCUT2D eigenvalue weighted by atomic mass is 9.83. The molecule has 8 heteroatoms. The van der Waals surface area contributed by atoms with Crippen molar-refractivity contribution in [3.05, 3.63) is 29.8 Å². The van der Waals surface area contributed by atoms with Gasteiger partial charge in [-0.3, -0.25) is 14.5 Å². The maximum absolute atomic E-state index is 12.9. The van der Waals surface area contributed by atoms with E-state index in [0.717, 1.165) is 12.0 Å². The van der Waals surface area contributed by atoms with Crippen LogP contribution in [0.25, 0.3) is 0 Å². The molecule has 0 spiro atoms. The largest absolute Gasteiger partial charge is 0.497 e. The number of imide groups is 1. The lowest BCUT2D eigenvalue weighted by molar-refractivity contribution is -0.135. The van der Waals surface area contributed by atoms with Crippen LogP contribution in [0.15, 0.2) is 24.3 Å². The molecule has 0 aromatic heterocycles. The number of fused-ring (bicyclic) bond motifs is 1. The summed E-state index contributed by atoms with van der Waals surface area (Å²) in [5.41, 5.74) is 0.827. The van der Waals surface area contributed by atoms with Crippen LogP contribution < -0.4 is 10.1 Å². The number of urea groups is 1. The Balaban J connectivity index is 1.31. The third kappa shape index (κ3) is 4.90. The molecule has 0 radical (unpaired) electrons. The molecule has 4 amide bonds. The third-order valence-corrected chi connectivity index (χ3v) is 7.15. The molecular weight excluding hydrogens is 408 g/mol. The summed E-state index contributed by atoms with van der Waals surface area (Å²) in [4.78, 5) is 43.6. The van der Waals surface area contributed by atoms with Crippen LogP contribution in [0.5, 0.6) is 5.75 Å². The van der Waals surface area contributed by atoms with Gasteiger partial charge >= 0.3 is 6.03 Å². The van der Waals surface area contributed by atoms with Gasteiger partial charge in [-0.1, -0.05) is 18.6 Å². The minimum Gasteiger partial charge on any atom is -0.497 e. The van der Waals surface area contributed by atoms with E-state index in [4.69, 9.17) is 4.74 Å². The van der Waals surface area contributed by atoms with Gasteiger partial charge in [-0.2, -0.15) is 0 Å². The van der Waals surface area contributed by atoms with Gasteiger partial charge in [0.15, 0.2) is 0 Å². The van der Waals surface area contributed by atoms with Crippen molar-refractivity contribution in [1.29, 1.82) is 0 Å². The molecule has 8 nitrogen and oxygen atoms in total. The summed E-state index contributed by atoms with van der Waals surface area (Å²) >= 11 is 0. The zero-order chi connectivity index (χ0) is 22.7. The molecular formula is C24H34N4O4. The van der Waals surface area contributed by atoms with Gasteiger partial charge in [-0.25, -0.2) is 4.79 Å². The van der Waals surface area contributed by atoms with Crippen LogP contribution in [0.2, 0.25) is 0 Å². The first kappa shape index (κ1) is 22.6. The average molecular weight is 443 g/mol. The van der Waals surface area contributed by atoms with Crippen molar-refractivity contribution in [2.45, 2.75) is 57.2 Å². The van der Waals surface area contributed by atoms with Crippen molar-refractivity contribution >= 4 is 17.8 Å². The Labute approximate surface area is 189 Å². The number of hydrogen-bond donors (Lipinski definition) is 1. The van der Waals surface area contributed by atoms with Gasteiger partial charge in [0.1, 0.15) is 11.8 Å². The summed E-state index contributed by atoms with van der Waals surface area (Å²) < 4.78 is 5.14. The smallest absolute Gasteiger partial charge is 0.325 e. The fraction of sp³-hybridized carbons (Fsp3) is 0.625. The summed E-state index contributed by atoms with van der Waals surface area (Å²) in [6.45, 7) is 3.23. The van der Waals surface area contributed by atoms with E-state index in [0.29, 0.717) is 24.3 Å². The van der Waals surface area contributed by atoms with E-state index in [2.05, 4.69) is 10.2 Å². The van der Waals surface area contributed by atoms with Crippen LogP contribution in [-0.2, 0) is 16.1 Å².